The van der Waals surface area contributed by atoms with E-state index < -0.39 is 22.8 Å². The molecule has 8 nitrogen and oxygen atoms in total. The summed E-state index contributed by atoms with van der Waals surface area (Å²) in [4.78, 5) is 33.3. The number of benzene rings is 1. The first-order valence-electron chi connectivity index (χ1n) is 6.14. The second kappa shape index (κ2) is 6.69. The van der Waals surface area contributed by atoms with E-state index in [9.17, 15) is 19.7 Å². The molecule has 114 valence electrons. The highest BCUT2D eigenvalue weighted by Gasteiger charge is 2.25. The predicted molar refractivity (Wildman–Crippen MR) is 73.4 cm³/mol. The highest BCUT2D eigenvalue weighted by molar-refractivity contribution is 5.97. The van der Waals surface area contributed by atoms with Crippen LogP contribution in [0.2, 0.25) is 0 Å². The summed E-state index contributed by atoms with van der Waals surface area (Å²) in [7, 11) is 1.28. The molecule has 0 fully saturated rings. The molecule has 0 saturated heterocycles. The fourth-order valence-corrected chi connectivity index (χ4v) is 1.71. The van der Waals surface area contributed by atoms with Gasteiger partial charge in [0.2, 0.25) is 0 Å². The van der Waals surface area contributed by atoms with Crippen LogP contribution >= 0.6 is 0 Å². The number of nitro benzene ring substituents is 1. The van der Waals surface area contributed by atoms with Crippen LogP contribution in [0.3, 0.4) is 0 Å². The first-order chi connectivity index (χ1) is 9.77. The molecule has 1 aromatic rings. The van der Waals surface area contributed by atoms with E-state index in [0.29, 0.717) is 0 Å². The van der Waals surface area contributed by atoms with Gasteiger partial charge in [-0.2, -0.15) is 0 Å². The van der Waals surface area contributed by atoms with Crippen molar-refractivity contribution in [3.63, 3.8) is 0 Å². The lowest BCUT2D eigenvalue weighted by Gasteiger charge is -2.17. The summed E-state index contributed by atoms with van der Waals surface area (Å²) in [5.74, 6) is -2.15. The van der Waals surface area contributed by atoms with Crippen molar-refractivity contribution < 1.29 is 24.4 Å². The van der Waals surface area contributed by atoms with Crippen LogP contribution in [0.5, 0.6) is 5.75 Å². The van der Waals surface area contributed by atoms with Crippen LogP contribution < -0.4 is 10.1 Å². The number of aliphatic carboxylic acids is 1. The molecule has 1 atom stereocenters. The minimum absolute atomic E-state index is 0.00519. The first kappa shape index (κ1) is 16.4. The smallest absolute Gasteiger partial charge is 0.326 e. The van der Waals surface area contributed by atoms with Crippen LogP contribution in [0, 0.1) is 16.0 Å². The summed E-state index contributed by atoms with van der Waals surface area (Å²) in [5.41, 5.74) is -0.365. The zero-order valence-corrected chi connectivity index (χ0v) is 11.8. The van der Waals surface area contributed by atoms with Gasteiger partial charge in [-0.15, -0.1) is 0 Å². The number of carboxylic acid groups (broad SMARTS) is 1. The quantitative estimate of drug-likeness (QED) is 0.605. The van der Waals surface area contributed by atoms with Gasteiger partial charge in [0.15, 0.2) is 5.75 Å². The number of hydrogen-bond acceptors (Lipinski definition) is 5. The van der Waals surface area contributed by atoms with Gasteiger partial charge in [-0.1, -0.05) is 13.8 Å². The van der Waals surface area contributed by atoms with Crippen molar-refractivity contribution in [3.05, 3.63) is 33.9 Å². The van der Waals surface area contributed by atoms with Crippen molar-refractivity contribution in [2.75, 3.05) is 7.11 Å². The molecule has 0 aliphatic rings. The zero-order chi connectivity index (χ0) is 16.2. The van der Waals surface area contributed by atoms with Gasteiger partial charge in [0.1, 0.15) is 6.04 Å². The van der Waals surface area contributed by atoms with Crippen LogP contribution in [-0.2, 0) is 4.79 Å². The molecule has 1 rings (SSSR count). The normalized spacial score (nSPS) is 11.8. The zero-order valence-electron chi connectivity index (χ0n) is 11.8. The van der Waals surface area contributed by atoms with Gasteiger partial charge in [-0.05, 0) is 18.1 Å². The fraction of sp³-hybridized carbons (Fsp3) is 0.385. The Bertz CT molecular complexity index is 570. The highest BCUT2D eigenvalue weighted by atomic mass is 16.6. The van der Waals surface area contributed by atoms with Crippen molar-refractivity contribution in [1.82, 2.24) is 5.32 Å². The van der Waals surface area contributed by atoms with E-state index >= 15 is 0 Å². The summed E-state index contributed by atoms with van der Waals surface area (Å²) in [6.07, 6.45) is 0. The Balaban J connectivity index is 3.05. The Kier molecular flexibility index (Phi) is 5.23. The summed E-state index contributed by atoms with van der Waals surface area (Å²) >= 11 is 0. The minimum Gasteiger partial charge on any atom is -0.490 e. The summed E-state index contributed by atoms with van der Waals surface area (Å²) < 4.78 is 4.83. The third kappa shape index (κ3) is 3.91. The molecule has 0 saturated carbocycles. The number of amides is 1. The molecule has 0 aromatic heterocycles. The third-order valence-electron chi connectivity index (χ3n) is 2.86. The monoisotopic (exact) mass is 296 g/mol. The van der Waals surface area contributed by atoms with Gasteiger partial charge in [-0.25, -0.2) is 4.79 Å². The first-order valence-corrected chi connectivity index (χ1v) is 6.14. The van der Waals surface area contributed by atoms with Gasteiger partial charge < -0.3 is 15.2 Å². The molecular weight excluding hydrogens is 280 g/mol. The predicted octanol–water partition coefficient (Wildman–Crippen LogP) is 1.44. The number of nitro groups is 1. The lowest BCUT2D eigenvalue weighted by atomic mass is 10.0. The maximum Gasteiger partial charge on any atom is 0.326 e. The molecule has 1 aromatic carbocycles. The molecule has 0 spiro atoms. The Labute approximate surface area is 120 Å². The average molecular weight is 296 g/mol. The number of ether oxygens (including phenoxy) is 1. The van der Waals surface area contributed by atoms with Crippen LogP contribution in [0.4, 0.5) is 5.69 Å². The van der Waals surface area contributed by atoms with Gasteiger partial charge in [0.05, 0.1) is 12.0 Å². The molecule has 1 amide bonds. The molecule has 2 N–H and O–H groups in total. The Morgan fingerprint density at radius 2 is 2.00 bits per heavy atom. The van der Waals surface area contributed by atoms with E-state index in [1.54, 1.807) is 13.8 Å². The molecule has 0 heterocycles. The number of carboxylic acids is 1. The second-order valence-electron chi connectivity index (χ2n) is 4.68. The molecule has 0 unspecified atom stereocenters. The van der Waals surface area contributed by atoms with Crippen molar-refractivity contribution in [1.29, 1.82) is 0 Å². The average Bonchev–Trinajstić information content (AvgIpc) is 2.42. The van der Waals surface area contributed by atoms with Crippen LogP contribution in [0.25, 0.3) is 0 Å². The molecule has 0 radical (unpaired) electrons. The molecule has 21 heavy (non-hydrogen) atoms. The topological polar surface area (TPSA) is 119 Å². The maximum absolute atomic E-state index is 12.0. The van der Waals surface area contributed by atoms with E-state index in [2.05, 4.69) is 5.32 Å². The number of carbonyl (C=O) groups excluding carboxylic acids is 1. The Morgan fingerprint density at radius 3 is 2.43 bits per heavy atom. The second-order valence-corrected chi connectivity index (χ2v) is 4.68. The molecule has 0 aliphatic carbocycles. The van der Waals surface area contributed by atoms with Crippen molar-refractivity contribution in [2.24, 2.45) is 5.92 Å². The number of nitrogens with one attached hydrogen (secondary N) is 1. The van der Waals surface area contributed by atoms with E-state index in [0.717, 1.165) is 6.07 Å². The number of rotatable bonds is 6. The largest absolute Gasteiger partial charge is 0.490 e. The van der Waals surface area contributed by atoms with Crippen molar-refractivity contribution in [2.45, 2.75) is 19.9 Å². The fourth-order valence-electron chi connectivity index (χ4n) is 1.71. The SMILES string of the molecule is COc1ccc(C(=O)N[C@H](C(=O)O)C(C)C)cc1[N+](=O)[O-]. The number of methoxy groups -OCH3 is 1. The number of carbonyl (C=O) groups is 2. The van der Waals surface area contributed by atoms with E-state index in [1.165, 1.54) is 19.2 Å². The van der Waals surface area contributed by atoms with Crippen molar-refractivity contribution >= 4 is 17.6 Å². The Morgan fingerprint density at radius 1 is 1.38 bits per heavy atom. The van der Waals surface area contributed by atoms with Crippen LogP contribution in [-0.4, -0.2) is 35.1 Å². The lowest BCUT2D eigenvalue weighted by molar-refractivity contribution is -0.385. The van der Waals surface area contributed by atoms with Crippen LogP contribution in [0.15, 0.2) is 18.2 Å². The van der Waals surface area contributed by atoms with Gasteiger partial charge in [0.25, 0.3) is 5.91 Å². The minimum atomic E-state index is -1.17. The van der Waals surface area contributed by atoms with Crippen LogP contribution in [0.1, 0.15) is 24.2 Å². The number of hydrogen-bond donors (Lipinski definition) is 2. The third-order valence-corrected chi connectivity index (χ3v) is 2.86. The maximum atomic E-state index is 12.0. The molecular formula is C13H16N2O6. The number of nitrogens with zero attached hydrogens (tertiary/aromatic N) is 1. The molecule has 0 bridgehead atoms. The highest BCUT2D eigenvalue weighted by Crippen LogP contribution is 2.27. The standard InChI is InChI=1S/C13H16N2O6/c1-7(2)11(13(17)18)14-12(16)8-4-5-10(21-3)9(6-8)15(19)20/h4-7,11H,1-3H3,(H,14,16)(H,17,18)/t11-/m0/s1. The van der Waals surface area contributed by atoms with E-state index in [-0.39, 0.29) is 22.9 Å². The van der Waals surface area contributed by atoms with Gasteiger partial charge in [-0.3, -0.25) is 14.9 Å². The molecule has 0 aliphatic heterocycles. The van der Waals surface area contributed by atoms with Gasteiger partial charge in [0, 0.05) is 11.6 Å². The van der Waals surface area contributed by atoms with E-state index in [4.69, 9.17) is 9.84 Å². The molecule has 8 heteroatoms. The van der Waals surface area contributed by atoms with Gasteiger partial charge >= 0.3 is 11.7 Å². The Hall–Kier alpha value is -2.64. The van der Waals surface area contributed by atoms with E-state index in [1.807, 2.05) is 0 Å². The lowest BCUT2D eigenvalue weighted by Crippen LogP contribution is -2.44. The van der Waals surface area contributed by atoms with Crippen molar-refractivity contribution in [3.8, 4) is 5.75 Å². The summed E-state index contributed by atoms with van der Waals surface area (Å²) in [6.45, 7) is 3.30. The summed E-state index contributed by atoms with van der Waals surface area (Å²) in [6, 6.07) is 2.60. The summed E-state index contributed by atoms with van der Waals surface area (Å²) in [5, 5.41) is 22.2.